The quantitative estimate of drug-likeness (QED) is 0.576. The van der Waals surface area contributed by atoms with Gasteiger partial charge in [-0.2, -0.15) is 0 Å². The third-order valence-corrected chi connectivity index (χ3v) is 7.26. The number of nitrogens with one attached hydrogen (secondary N) is 2. The van der Waals surface area contributed by atoms with Gasteiger partial charge in [-0.05, 0) is 25.5 Å². The predicted molar refractivity (Wildman–Crippen MR) is 116 cm³/mol. The normalized spacial score (nSPS) is 28.6. The van der Waals surface area contributed by atoms with Crippen LogP contribution in [-0.4, -0.2) is 74.1 Å². The molecule has 2 aromatic rings. The molecule has 4 aliphatic rings. The number of anilines is 2. The van der Waals surface area contributed by atoms with E-state index in [-0.39, 0.29) is 30.3 Å². The van der Waals surface area contributed by atoms with E-state index in [9.17, 15) is 14.4 Å². The minimum atomic E-state index is -1.67. The van der Waals surface area contributed by atoms with Gasteiger partial charge in [-0.15, -0.1) is 0 Å². The average Bonchev–Trinajstić information content (AvgIpc) is 3.21. The number of rotatable bonds is 1. The lowest BCUT2D eigenvalue weighted by molar-refractivity contribution is -0.153. The Labute approximate surface area is 193 Å². The van der Waals surface area contributed by atoms with Crippen LogP contribution in [0, 0.1) is 11.2 Å². The molecular weight excluding hydrogens is 449 g/mol. The Morgan fingerprint density at radius 3 is 2.56 bits per heavy atom. The van der Waals surface area contributed by atoms with Gasteiger partial charge in [-0.25, -0.2) is 9.18 Å². The molecule has 11 nitrogen and oxygen atoms in total. The molecule has 6 rings (SSSR count). The van der Waals surface area contributed by atoms with Crippen molar-refractivity contribution in [3.63, 3.8) is 0 Å². The van der Waals surface area contributed by atoms with Crippen LogP contribution < -0.4 is 20.4 Å². The molecule has 4 aliphatic heterocycles. The number of urea groups is 1. The number of halogens is 1. The number of hydrogen-bond donors (Lipinski definition) is 2. The standard InChI is InChI=1S/C22H24FN5O6/c1-10-9-28-15-12(7-13-16(14(15)23)34-26-18(13)27-3-5-32-6-4-27)8-22(17(28)11(2)33-10)19(29)24-21(31)25-20(22)30/h7,10-11,17H,3-6,8-9H2,1-2H3,(H2,24,25,29,30,31). The molecule has 2 N–H and O–H groups in total. The number of aromatic nitrogens is 1. The number of carbonyl (C=O) groups is 3. The summed E-state index contributed by atoms with van der Waals surface area (Å²) in [5.74, 6) is -1.53. The van der Waals surface area contributed by atoms with E-state index in [0.717, 1.165) is 0 Å². The van der Waals surface area contributed by atoms with Crippen LogP contribution in [0.25, 0.3) is 11.0 Å². The van der Waals surface area contributed by atoms with E-state index in [0.29, 0.717) is 43.1 Å². The zero-order valence-electron chi connectivity index (χ0n) is 18.7. The highest BCUT2D eigenvalue weighted by atomic mass is 19.1. The molecule has 3 saturated heterocycles. The van der Waals surface area contributed by atoms with E-state index in [2.05, 4.69) is 15.8 Å². The van der Waals surface area contributed by atoms with Crippen molar-refractivity contribution in [3.8, 4) is 0 Å². The van der Waals surface area contributed by atoms with Crippen molar-refractivity contribution in [1.29, 1.82) is 0 Å². The molecule has 1 aromatic heterocycles. The summed E-state index contributed by atoms with van der Waals surface area (Å²) in [6, 6.07) is 0.0540. The van der Waals surface area contributed by atoms with Gasteiger partial charge in [0.25, 0.3) is 0 Å². The molecule has 0 aliphatic carbocycles. The minimum absolute atomic E-state index is 0.0227. The number of barbiturate groups is 1. The lowest BCUT2D eigenvalue weighted by Gasteiger charge is -2.55. The van der Waals surface area contributed by atoms with Gasteiger partial charge in [0.1, 0.15) is 0 Å². The minimum Gasteiger partial charge on any atom is -0.378 e. The van der Waals surface area contributed by atoms with E-state index in [1.165, 1.54) is 0 Å². The molecule has 12 heteroatoms. The smallest absolute Gasteiger partial charge is 0.328 e. The molecule has 3 fully saturated rings. The SMILES string of the molecule is CC1CN2c3c(cc4c(N5CCOCC5)noc4c3F)CC3(C(=O)NC(=O)NC3=O)C2C(C)O1. The summed E-state index contributed by atoms with van der Waals surface area (Å²) in [5.41, 5.74) is -0.904. The van der Waals surface area contributed by atoms with E-state index < -0.39 is 41.2 Å². The van der Waals surface area contributed by atoms with Crippen LogP contribution in [0.4, 0.5) is 20.7 Å². The molecule has 5 heterocycles. The van der Waals surface area contributed by atoms with Crippen molar-refractivity contribution in [2.45, 2.75) is 38.5 Å². The lowest BCUT2D eigenvalue weighted by atomic mass is 9.66. The molecule has 0 radical (unpaired) electrons. The lowest BCUT2D eigenvalue weighted by Crippen LogP contribution is -2.75. The zero-order valence-corrected chi connectivity index (χ0v) is 18.7. The molecule has 34 heavy (non-hydrogen) atoms. The summed E-state index contributed by atoms with van der Waals surface area (Å²) in [6.07, 6.45) is -0.966. The number of amides is 4. The fourth-order valence-electron chi connectivity index (χ4n) is 5.94. The molecule has 3 unspecified atom stereocenters. The maximum absolute atomic E-state index is 16.1. The first-order chi connectivity index (χ1) is 16.3. The van der Waals surface area contributed by atoms with Crippen LogP contribution in [0.15, 0.2) is 10.6 Å². The Hall–Kier alpha value is -3.25. The topological polar surface area (TPSA) is 126 Å². The molecule has 0 saturated carbocycles. The fourth-order valence-corrected chi connectivity index (χ4v) is 5.94. The highest BCUT2D eigenvalue weighted by molar-refractivity contribution is 6.20. The van der Waals surface area contributed by atoms with Crippen LogP contribution in [0.1, 0.15) is 19.4 Å². The van der Waals surface area contributed by atoms with Gasteiger partial charge >= 0.3 is 6.03 Å². The third-order valence-electron chi connectivity index (χ3n) is 7.26. The van der Waals surface area contributed by atoms with Crippen molar-refractivity contribution in [1.82, 2.24) is 15.8 Å². The summed E-state index contributed by atoms with van der Waals surface area (Å²) in [4.78, 5) is 42.1. The van der Waals surface area contributed by atoms with Crippen molar-refractivity contribution in [2.24, 2.45) is 5.41 Å². The highest BCUT2D eigenvalue weighted by Gasteiger charge is 2.63. The largest absolute Gasteiger partial charge is 0.378 e. The van der Waals surface area contributed by atoms with Crippen molar-refractivity contribution < 1.29 is 32.8 Å². The van der Waals surface area contributed by atoms with E-state index in [4.69, 9.17) is 14.0 Å². The van der Waals surface area contributed by atoms with Gasteiger partial charge in [0.2, 0.25) is 17.4 Å². The van der Waals surface area contributed by atoms with Crippen molar-refractivity contribution in [3.05, 3.63) is 17.4 Å². The Kier molecular flexibility index (Phi) is 4.62. The van der Waals surface area contributed by atoms with E-state index >= 15 is 4.39 Å². The molecule has 4 amide bonds. The number of carbonyl (C=O) groups excluding carboxylic acids is 3. The van der Waals surface area contributed by atoms with E-state index in [1.54, 1.807) is 17.9 Å². The maximum Gasteiger partial charge on any atom is 0.328 e. The summed E-state index contributed by atoms with van der Waals surface area (Å²) in [7, 11) is 0. The molecule has 1 aromatic carbocycles. The van der Waals surface area contributed by atoms with Gasteiger partial charge in [0, 0.05) is 26.1 Å². The molecule has 3 atom stereocenters. The second-order valence-electron chi connectivity index (χ2n) is 9.32. The van der Waals surface area contributed by atoms with E-state index in [1.807, 2.05) is 11.8 Å². The molecule has 180 valence electrons. The molecular formula is C22H24FN5O6. The van der Waals surface area contributed by atoms with Crippen LogP contribution in [0.3, 0.4) is 0 Å². The van der Waals surface area contributed by atoms with Gasteiger partial charge in [-0.1, -0.05) is 5.16 Å². The number of imide groups is 2. The van der Waals surface area contributed by atoms with Crippen LogP contribution >= 0.6 is 0 Å². The summed E-state index contributed by atoms with van der Waals surface area (Å²) >= 11 is 0. The Morgan fingerprint density at radius 2 is 1.85 bits per heavy atom. The van der Waals surface area contributed by atoms with Gasteiger partial charge in [-0.3, -0.25) is 20.2 Å². The van der Waals surface area contributed by atoms with Gasteiger partial charge < -0.3 is 23.8 Å². The first kappa shape index (κ1) is 21.3. The third kappa shape index (κ3) is 2.81. The average molecular weight is 473 g/mol. The Bertz CT molecular complexity index is 1200. The number of hydrogen-bond acceptors (Lipinski definition) is 9. The molecule has 1 spiro atoms. The first-order valence-corrected chi connectivity index (χ1v) is 11.3. The highest BCUT2D eigenvalue weighted by Crippen LogP contribution is 2.49. The number of fused-ring (bicyclic) bond motifs is 5. The Balaban J connectivity index is 1.56. The van der Waals surface area contributed by atoms with Crippen LogP contribution in [0.2, 0.25) is 0 Å². The monoisotopic (exact) mass is 473 g/mol. The summed E-state index contributed by atoms with van der Waals surface area (Å²) in [6.45, 7) is 6.05. The molecule has 0 bridgehead atoms. The summed E-state index contributed by atoms with van der Waals surface area (Å²) < 4.78 is 32.9. The van der Waals surface area contributed by atoms with Crippen LogP contribution in [0.5, 0.6) is 0 Å². The first-order valence-electron chi connectivity index (χ1n) is 11.3. The van der Waals surface area contributed by atoms with Gasteiger partial charge in [0.05, 0.1) is 42.5 Å². The predicted octanol–water partition coefficient (Wildman–Crippen LogP) is 0.694. The second-order valence-corrected chi connectivity index (χ2v) is 9.32. The van der Waals surface area contributed by atoms with Gasteiger partial charge in [0.15, 0.2) is 17.1 Å². The summed E-state index contributed by atoms with van der Waals surface area (Å²) in [5, 5.41) is 9.08. The van der Waals surface area contributed by atoms with Crippen molar-refractivity contribution in [2.75, 3.05) is 42.6 Å². The fraction of sp³-hybridized carbons (Fsp3) is 0.545. The maximum atomic E-state index is 16.1. The second kappa shape index (κ2) is 7.37. The zero-order chi connectivity index (χ0) is 23.8. The Morgan fingerprint density at radius 1 is 1.15 bits per heavy atom. The number of benzene rings is 1. The number of ether oxygens (including phenoxy) is 2. The number of nitrogens with zero attached hydrogens (tertiary/aromatic N) is 3. The van der Waals surface area contributed by atoms with Crippen LogP contribution in [-0.2, 0) is 25.5 Å². The number of morpholine rings is 2. The van der Waals surface area contributed by atoms with Crippen molar-refractivity contribution >= 4 is 40.3 Å².